The Hall–Kier alpha value is -3.00. The molecule has 2 heterocycles. The van der Waals surface area contributed by atoms with Crippen molar-refractivity contribution in [1.82, 2.24) is 14.6 Å². The molecule has 9 heteroatoms. The summed E-state index contributed by atoms with van der Waals surface area (Å²) >= 11 is 5.98. The van der Waals surface area contributed by atoms with Gasteiger partial charge in [0.1, 0.15) is 0 Å². The molecule has 0 saturated carbocycles. The summed E-state index contributed by atoms with van der Waals surface area (Å²) in [6.07, 6.45) is 0.722. The van der Waals surface area contributed by atoms with Gasteiger partial charge in [-0.25, -0.2) is 9.31 Å². The van der Waals surface area contributed by atoms with E-state index >= 15 is 0 Å². The Morgan fingerprint density at radius 2 is 2.19 bits per heavy atom. The summed E-state index contributed by atoms with van der Waals surface area (Å²) in [5.74, 6) is 1.05. The monoisotopic (exact) mass is 376 g/mol. The highest BCUT2D eigenvalue weighted by atomic mass is 35.5. The van der Waals surface area contributed by atoms with Crippen molar-refractivity contribution in [2.75, 3.05) is 19.0 Å². The third kappa shape index (κ3) is 4.15. The number of methoxy groups -OCH3 is 1. The number of carbonyl (C=O) groups is 1. The quantitative estimate of drug-likeness (QED) is 0.658. The molecule has 136 valence electrons. The molecule has 1 aromatic carbocycles. The van der Waals surface area contributed by atoms with Gasteiger partial charge in [0.05, 0.1) is 19.9 Å². The van der Waals surface area contributed by atoms with Gasteiger partial charge in [-0.2, -0.15) is 4.98 Å². The second kappa shape index (κ2) is 7.92. The summed E-state index contributed by atoms with van der Waals surface area (Å²) in [6.45, 7) is 2.42. The zero-order valence-corrected chi connectivity index (χ0v) is 15.0. The van der Waals surface area contributed by atoms with Crippen LogP contribution >= 0.6 is 11.6 Å². The lowest BCUT2D eigenvalue weighted by molar-refractivity contribution is 0.104. The van der Waals surface area contributed by atoms with Gasteiger partial charge in [0, 0.05) is 17.6 Å². The van der Waals surface area contributed by atoms with Crippen molar-refractivity contribution < 1.29 is 19.0 Å². The molecule has 0 spiro atoms. The fraction of sp³-hybridized carbons (Fsp3) is 0.235. The number of pyridine rings is 1. The summed E-state index contributed by atoms with van der Waals surface area (Å²) in [4.78, 5) is 15.9. The van der Waals surface area contributed by atoms with Crippen LogP contribution in [0.1, 0.15) is 12.5 Å². The van der Waals surface area contributed by atoms with E-state index in [1.807, 2.05) is 24.3 Å². The number of benzene rings is 1. The number of aromatic nitrogens is 3. The Morgan fingerprint density at radius 3 is 2.92 bits per heavy atom. The van der Waals surface area contributed by atoms with Crippen LogP contribution in [0, 0.1) is 0 Å². The molecule has 3 rings (SSSR count). The molecular formula is C17H17ClN4O4. The molecule has 0 aliphatic rings. The van der Waals surface area contributed by atoms with Crippen LogP contribution in [0.5, 0.6) is 11.5 Å². The van der Waals surface area contributed by atoms with Gasteiger partial charge in [-0.1, -0.05) is 23.7 Å². The van der Waals surface area contributed by atoms with E-state index < -0.39 is 6.16 Å². The number of anilines is 1. The van der Waals surface area contributed by atoms with Crippen molar-refractivity contribution >= 4 is 29.4 Å². The summed E-state index contributed by atoms with van der Waals surface area (Å²) in [5.41, 5.74) is 1.48. The first kappa shape index (κ1) is 17.8. The molecule has 26 heavy (non-hydrogen) atoms. The fourth-order valence-electron chi connectivity index (χ4n) is 2.29. The average Bonchev–Trinajstić information content (AvgIpc) is 3.02. The third-order valence-corrected chi connectivity index (χ3v) is 3.63. The molecule has 0 bridgehead atoms. The number of fused-ring (bicyclic) bond motifs is 1. The number of ether oxygens (including phenoxy) is 3. The van der Waals surface area contributed by atoms with Gasteiger partial charge >= 0.3 is 6.16 Å². The van der Waals surface area contributed by atoms with Gasteiger partial charge in [0.25, 0.3) is 0 Å². The van der Waals surface area contributed by atoms with E-state index in [0.29, 0.717) is 28.9 Å². The lowest BCUT2D eigenvalue weighted by Crippen LogP contribution is -2.10. The first-order chi connectivity index (χ1) is 12.6. The number of carbonyl (C=O) groups excluding carboxylic acids is 1. The van der Waals surface area contributed by atoms with Gasteiger partial charge in [-0.05, 0) is 24.6 Å². The van der Waals surface area contributed by atoms with Crippen LogP contribution in [-0.4, -0.2) is 34.5 Å². The van der Waals surface area contributed by atoms with E-state index in [1.165, 1.54) is 17.8 Å². The summed E-state index contributed by atoms with van der Waals surface area (Å²) in [7, 11) is 1.50. The smallest absolute Gasteiger partial charge is 0.493 e. The molecule has 8 nitrogen and oxygen atoms in total. The van der Waals surface area contributed by atoms with E-state index in [1.54, 1.807) is 13.0 Å². The van der Waals surface area contributed by atoms with E-state index in [0.717, 1.165) is 5.56 Å². The molecule has 0 saturated heterocycles. The van der Waals surface area contributed by atoms with Gasteiger partial charge in [0.2, 0.25) is 5.95 Å². The summed E-state index contributed by atoms with van der Waals surface area (Å²) in [5, 5.41) is 8.10. The minimum absolute atomic E-state index is 0.221. The van der Waals surface area contributed by atoms with Gasteiger partial charge in [-0.15, -0.1) is 5.10 Å². The molecule has 0 fully saturated rings. The van der Waals surface area contributed by atoms with Crippen molar-refractivity contribution in [2.24, 2.45) is 0 Å². The van der Waals surface area contributed by atoms with Crippen LogP contribution in [0.15, 0.2) is 36.5 Å². The lowest BCUT2D eigenvalue weighted by atomic mass is 10.2. The highest BCUT2D eigenvalue weighted by Gasteiger charge is 2.14. The van der Waals surface area contributed by atoms with E-state index in [4.69, 9.17) is 25.8 Å². The molecule has 0 unspecified atom stereocenters. The summed E-state index contributed by atoms with van der Waals surface area (Å²) < 4.78 is 16.6. The largest absolute Gasteiger partial charge is 0.513 e. The van der Waals surface area contributed by atoms with Gasteiger partial charge in [-0.3, -0.25) is 0 Å². The molecule has 2 aromatic heterocycles. The first-order valence-electron chi connectivity index (χ1n) is 7.86. The zero-order valence-electron chi connectivity index (χ0n) is 14.2. The topological polar surface area (TPSA) is 87.0 Å². The zero-order chi connectivity index (χ0) is 18.5. The van der Waals surface area contributed by atoms with Crippen LogP contribution in [0.3, 0.4) is 0 Å². The predicted molar refractivity (Wildman–Crippen MR) is 96.0 cm³/mol. The predicted octanol–water partition coefficient (Wildman–Crippen LogP) is 3.54. The Balaban J connectivity index is 1.81. The number of nitrogens with zero attached hydrogens (tertiary/aromatic N) is 3. The number of nitrogens with one attached hydrogen (secondary N) is 1. The van der Waals surface area contributed by atoms with Crippen LogP contribution in [0.25, 0.3) is 5.65 Å². The van der Waals surface area contributed by atoms with Crippen molar-refractivity contribution in [1.29, 1.82) is 0 Å². The first-order valence-corrected chi connectivity index (χ1v) is 8.24. The standard InChI is InChI=1S/C17H17ClN4O4/c1-3-25-17(23)26-13-8-14(24-2)15-20-16(21-22(15)10-13)19-9-11-5-4-6-12(18)7-11/h4-8,10H,3,9H2,1-2H3,(H,19,21). The van der Waals surface area contributed by atoms with Crippen molar-refractivity contribution in [3.05, 3.63) is 47.1 Å². The van der Waals surface area contributed by atoms with E-state index in [-0.39, 0.29) is 12.4 Å². The molecule has 1 N–H and O–H groups in total. The van der Waals surface area contributed by atoms with Crippen molar-refractivity contribution in [3.8, 4) is 11.5 Å². The molecule has 0 amide bonds. The maximum absolute atomic E-state index is 11.5. The summed E-state index contributed by atoms with van der Waals surface area (Å²) in [6, 6.07) is 9.03. The third-order valence-electron chi connectivity index (χ3n) is 3.40. The lowest BCUT2D eigenvalue weighted by Gasteiger charge is -2.06. The maximum Gasteiger partial charge on any atom is 0.513 e. The molecule has 0 aliphatic heterocycles. The molecule has 0 radical (unpaired) electrons. The number of hydrogen-bond acceptors (Lipinski definition) is 7. The van der Waals surface area contributed by atoms with Crippen LogP contribution in [0.2, 0.25) is 5.02 Å². The van der Waals surface area contributed by atoms with Crippen molar-refractivity contribution in [2.45, 2.75) is 13.5 Å². The van der Waals surface area contributed by atoms with E-state index in [9.17, 15) is 4.79 Å². The average molecular weight is 377 g/mol. The van der Waals surface area contributed by atoms with Gasteiger partial charge < -0.3 is 19.5 Å². The molecule has 3 aromatic rings. The Morgan fingerprint density at radius 1 is 1.35 bits per heavy atom. The van der Waals surface area contributed by atoms with Crippen LogP contribution in [0.4, 0.5) is 10.7 Å². The maximum atomic E-state index is 11.5. The van der Waals surface area contributed by atoms with E-state index in [2.05, 4.69) is 15.4 Å². The second-order valence-electron chi connectivity index (χ2n) is 5.22. The number of halogens is 1. The molecular weight excluding hydrogens is 360 g/mol. The van der Waals surface area contributed by atoms with Crippen LogP contribution < -0.4 is 14.8 Å². The number of rotatable bonds is 6. The Kier molecular flexibility index (Phi) is 5.43. The Bertz CT molecular complexity index is 928. The minimum atomic E-state index is -0.798. The highest BCUT2D eigenvalue weighted by molar-refractivity contribution is 6.30. The molecule has 0 aliphatic carbocycles. The van der Waals surface area contributed by atoms with Crippen molar-refractivity contribution in [3.63, 3.8) is 0 Å². The SMILES string of the molecule is CCOC(=O)Oc1cc(OC)c2nc(NCc3cccc(Cl)c3)nn2c1. The highest BCUT2D eigenvalue weighted by Crippen LogP contribution is 2.25. The van der Waals surface area contributed by atoms with Gasteiger partial charge in [0.15, 0.2) is 17.1 Å². The Labute approximate surface area is 154 Å². The fourth-order valence-corrected chi connectivity index (χ4v) is 2.50. The molecule has 0 atom stereocenters. The number of hydrogen-bond donors (Lipinski definition) is 1. The normalized spacial score (nSPS) is 10.6. The van der Waals surface area contributed by atoms with Crippen LogP contribution in [-0.2, 0) is 11.3 Å². The second-order valence-corrected chi connectivity index (χ2v) is 5.65. The minimum Gasteiger partial charge on any atom is -0.493 e.